The van der Waals surface area contributed by atoms with Crippen molar-refractivity contribution in [3.8, 4) is 0 Å². The predicted molar refractivity (Wildman–Crippen MR) is 344 cm³/mol. The molecule has 6 heteroatoms. The Balaban J connectivity index is 4.04. The van der Waals surface area contributed by atoms with E-state index in [1.54, 1.807) is 0 Å². The van der Waals surface area contributed by atoms with Crippen LogP contribution in [0.1, 0.15) is 393 Å². The first-order valence-corrected chi connectivity index (χ1v) is 35.5. The molecule has 0 saturated heterocycles. The summed E-state index contributed by atoms with van der Waals surface area (Å²) in [6, 6.07) is 0. The molecule has 0 aliphatic heterocycles. The third kappa shape index (κ3) is 66.3. The van der Waals surface area contributed by atoms with E-state index >= 15 is 0 Å². The normalized spacial score (nSPS) is 12.2. The lowest BCUT2D eigenvalue weighted by atomic mass is 10.0. The van der Waals surface area contributed by atoms with Crippen molar-refractivity contribution in [2.75, 3.05) is 13.2 Å². The summed E-state index contributed by atoms with van der Waals surface area (Å²) in [6.07, 6.45) is 84.9. The van der Waals surface area contributed by atoms with E-state index in [4.69, 9.17) is 14.2 Å². The Labute approximate surface area is 493 Å². The average Bonchev–Trinajstić information content (AvgIpc) is 3.45. The Hall–Kier alpha value is -2.37. The first kappa shape index (κ1) is 76.6. The van der Waals surface area contributed by atoms with Gasteiger partial charge in [0.2, 0.25) is 0 Å². The molecule has 0 aromatic rings. The first-order chi connectivity index (χ1) is 39.0. The minimum atomic E-state index is -0.771. The van der Waals surface area contributed by atoms with Gasteiger partial charge in [-0.1, -0.05) is 340 Å². The number of carbonyl (C=O) groups is 3. The van der Waals surface area contributed by atoms with Gasteiger partial charge in [0, 0.05) is 19.3 Å². The maximum atomic E-state index is 12.9. The molecule has 0 aliphatic carbocycles. The van der Waals surface area contributed by atoms with Crippen LogP contribution in [0.5, 0.6) is 0 Å². The van der Waals surface area contributed by atoms with Crippen molar-refractivity contribution < 1.29 is 28.6 Å². The molecule has 1 unspecified atom stereocenters. The summed E-state index contributed by atoms with van der Waals surface area (Å²) in [6.45, 7) is 6.63. The van der Waals surface area contributed by atoms with Gasteiger partial charge in [-0.25, -0.2) is 0 Å². The van der Waals surface area contributed by atoms with E-state index in [9.17, 15) is 14.4 Å². The molecule has 1 atom stereocenters. The summed E-state index contributed by atoms with van der Waals surface area (Å²) in [5.74, 6) is -0.852. The molecule has 0 bridgehead atoms. The smallest absolute Gasteiger partial charge is 0.306 e. The summed E-state index contributed by atoms with van der Waals surface area (Å²) in [5.41, 5.74) is 0. The van der Waals surface area contributed by atoms with E-state index in [2.05, 4.69) is 57.2 Å². The van der Waals surface area contributed by atoms with Crippen LogP contribution < -0.4 is 0 Å². The number of unbranched alkanes of at least 4 members (excludes halogenated alkanes) is 49. The average molecular weight is 1110 g/mol. The van der Waals surface area contributed by atoms with Crippen LogP contribution in [0.3, 0.4) is 0 Å². The summed E-state index contributed by atoms with van der Waals surface area (Å²) in [4.78, 5) is 38.3. The maximum Gasteiger partial charge on any atom is 0.306 e. The molecule has 0 aromatic carbocycles. The maximum absolute atomic E-state index is 12.9. The van der Waals surface area contributed by atoms with Crippen molar-refractivity contribution in [3.05, 3.63) is 36.5 Å². The van der Waals surface area contributed by atoms with Crippen LogP contribution in [-0.4, -0.2) is 37.2 Å². The molecule has 0 fully saturated rings. The van der Waals surface area contributed by atoms with Crippen molar-refractivity contribution in [1.82, 2.24) is 0 Å². The van der Waals surface area contributed by atoms with Gasteiger partial charge < -0.3 is 14.2 Å². The van der Waals surface area contributed by atoms with Gasteiger partial charge in [-0.05, 0) is 70.6 Å². The van der Waals surface area contributed by atoms with Gasteiger partial charge in [0.25, 0.3) is 0 Å². The predicted octanol–water partition coefficient (Wildman–Crippen LogP) is 24.3. The minimum Gasteiger partial charge on any atom is -0.462 e. The van der Waals surface area contributed by atoms with Gasteiger partial charge in [-0.15, -0.1) is 0 Å². The fourth-order valence-electron chi connectivity index (χ4n) is 10.8. The molecule has 79 heavy (non-hydrogen) atoms. The highest BCUT2D eigenvalue weighted by molar-refractivity contribution is 5.71. The Bertz CT molecular complexity index is 1320. The molecule has 0 aromatic heterocycles. The van der Waals surface area contributed by atoms with Crippen molar-refractivity contribution in [2.45, 2.75) is 399 Å². The molecule has 0 N–H and O–H groups in total. The van der Waals surface area contributed by atoms with Gasteiger partial charge in [0.05, 0.1) is 0 Å². The van der Waals surface area contributed by atoms with Gasteiger partial charge in [0.1, 0.15) is 13.2 Å². The number of esters is 3. The van der Waals surface area contributed by atoms with E-state index in [1.807, 2.05) is 0 Å². The van der Waals surface area contributed by atoms with Gasteiger partial charge in [0.15, 0.2) is 6.10 Å². The van der Waals surface area contributed by atoms with Crippen molar-refractivity contribution in [1.29, 1.82) is 0 Å². The number of allylic oxidation sites excluding steroid dienone is 6. The van der Waals surface area contributed by atoms with E-state index < -0.39 is 6.10 Å². The first-order valence-electron chi connectivity index (χ1n) is 35.5. The van der Waals surface area contributed by atoms with Gasteiger partial charge >= 0.3 is 17.9 Å². The quantitative estimate of drug-likeness (QED) is 0.0261. The highest BCUT2D eigenvalue weighted by Crippen LogP contribution is 2.19. The summed E-state index contributed by atoms with van der Waals surface area (Å²) in [5, 5.41) is 0. The second kappa shape index (κ2) is 68.1. The molecule has 0 amide bonds. The lowest BCUT2D eigenvalue weighted by Gasteiger charge is -2.18. The van der Waals surface area contributed by atoms with Crippen LogP contribution in [0.15, 0.2) is 36.5 Å². The molecule has 0 saturated carbocycles. The number of rotatable bonds is 66. The van der Waals surface area contributed by atoms with Gasteiger partial charge in [-0.3, -0.25) is 14.4 Å². The monoisotopic (exact) mass is 1110 g/mol. The third-order valence-electron chi connectivity index (χ3n) is 16.1. The Morgan fingerprint density at radius 3 is 0.759 bits per heavy atom. The summed E-state index contributed by atoms with van der Waals surface area (Å²) in [7, 11) is 0. The highest BCUT2D eigenvalue weighted by Gasteiger charge is 2.19. The van der Waals surface area contributed by atoms with Crippen LogP contribution in [0.4, 0.5) is 0 Å². The van der Waals surface area contributed by atoms with Crippen LogP contribution in [-0.2, 0) is 28.6 Å². The van der Waals surface area contributed by atoms with E-state index in [0.29, 0.717) is 19.3 Å². The molecule has 0 heterocycles. The molecule has 0 rings (SSSR count). The third-order valence-corrected chi connectivity index (χ3v) is 16.1. The molecular weight excluding hydrogens is 973 g/mol. The molecular formula is C73H136O6. The fourth-order valence-corrected chi connectivity index (χ4v) is 10.8. The Morgan fingerprint density at radius 2 is 0.481 bits per heavy atom. The molecule has 6 nitrogen and oxygen atoms in total. The molecule has 0 radical (unpaired) electrons. The zero-order valence-corrected chi connectivity index (χ0v) is 53.4. The Morgan fingerprint density at radius 1 is 0.253 bits per heavy atom. The number of ether oxygens (including phenoxy) is 3. The second-order valence-corrected chi connectivity index (χ2v) is 24.1. The van der Waals surface area contributed by atoms with Crippen LogP contribution in [0, 0.1) is 0 Å². The van der Waals surface area contributed by atoms with Crippen LogP contribution in [0.2, 0.25) is 0 Å². The lowest BCUT2D eigenvalue weighted by molar-refractivity contribution is -0.167. The molecule has 0 aliphatic rings. The van der Waals surface area contributed by atoms with Gasteiger partial charge in [-0.2, -0.15) is 0 Å². The van der Waals surface area contributed by atoms with Crippen LogP contribution >= 0.6 is 0 Å². The van der Waals surface area contributed by atoms with Crippen molar-refractivity contribution in [2.24, 2.45) is 0 Å². The summed E-state index contributed by atoms with van der Waals surface area (Å²) >= 11 is 0. The number of hydrogen-bond donors (Lipinski definition) is 0. The van der Waals surface area contributed by atoms with E-state index in [1.165, 1.54) is 276 Å². The van der Waals surface area contributed by atoms with E-state index in [-0.39, 0.29) is 31.1 Å². The number of carbonyl (C=O) groups excluding carboxylic acids is 3. The number of hydrogen-bond acceptors (Lipinski definition) is 6. The molecule has 0 spiro atoms. The van der Waals surface area contributed by atoms with Crippen LogP contribution in [0.25, 0.3) is 0 Å². The summed E-state index contributed by atoms with van der Waals surface area (Å²) < 4.78 is 16.9. The second-order valence-electron chi connectivity index (χ2n) is 24.1. The zero-order valence-electron chi connectivity index (χ0n) is 53.4. The minimum absolute atomic E-state index is 0.0685. The Kier molecular flexibility index (Phi) is 66.1. The lowest BCUT2D eigenvalue weighted by Crippen LogP contribution is -2.30. The SMILES string of the molecule is CCC/C=C\CCCCCCCC(=O)OCC(COC(=O)CCCCCCCCCCCCCCCCCCCCCCC/C=C\C/C=C\CCCCCCC)OC(=O)CCCCCCCCCCCCCCCCCCCC. The zero-order chi connectivity index (χ0) is 57.1. The van der Waals surface area contributed by atoms with E-state index in [0.717, 1.165) is 77.0 Å². The van der Waals surface area contributed by atoms with Crippen molar-refractivity contribution in [3.63, 3.8) is 0 Å². The van der Waals surface area contributed by atoms with Crippen molar-refractivity contribution >= 4 is 17.9 Å². The molecule has 464 valence electrons. The standard InChI is InChI=1S/C73H136O6/c1-4-7-10-13-16-19-22-24-26-28-30-31-32-33-34-35-36-37-38-39-40-41-42-43-44-46-47-49-51-54-57-60-63-66-72(75)78-69-70(68-77-71(74)65-62-59-56-53-21-18-15-12-9-6-3)79-73(76)67-64-61-58-55-52-50-48-45-29-27-25-23-20-17-14-11-8-5-2/h12,15,22,24,28,30,70H,4-11,13-14,16-21,23,25-27,29,31-69H2,1-3H3/b15-12-,24-22-,30-28-. The fraction of sp³-hybridized carbons (Fsp3) is 0.877. The largest absolute Gasteiger partial charge is 0.462 e. The topological polar surface area (TPSA) is 78.9 Å². The highest BCUT2D eigenvalue weighted by atomic mass is 16.6.